The van der Waals surface area contributed by atoms with Crippen molar-refractivity contribution in [1.82, 2.24) is 0 Å². The van der Waals surface area contributed by atoms with Crippen LogP contribution in [-0.2, 0) is 24.0 Å². The van der Waals surface area contributed by atoms with Crippen LogP contribution in [0.15, 0.2) is 0 Å². The lowest BCUT2D eigenvalue weighted by Crippen LogP contribution is -2.42. The van der Waals surface area contributed by atoms with Crippen LogP contribution in [0, 0.1) is 0 Å². The van der Waals surface area contributed by atoms with E-state index < -0.39 is 5.79 Å². The molecule has 5 heteroatoms. The third-order valence-corrected chi connectivity index (χ3v) is 3.34. The first kappa shape index (κ1) is 15.4. The van der Waals surface area contributed by atoms with E-state index in [2.05, 4.69) is 11.7 Å². The Morgan fingerprint density at radius 2 is 2.17 bits per heavy atom. The fourth-order valence-electron chi connectivity index (χ4n) is 2.08. The van der Waals surface area contributed by atoms with Gasteiger partial charge in [-0.3, -0.25) is 4.79 Å². The molecule has 0 bridgehead atoms. The number of carbonyl (C=O) groups excluding carboxylic acids is 1. The van der Waals surface area contributed by atoms with E-state index in [9.17, 15) is 4.79 Å². The van der Waals surface area contributed by atoms with Crippen LogP contribution >= 0.6 is 0 Å². The Hall–Kier alpha value is -0.650. The van der Waals surface area contributed by atoms with Gasteiger partial charge in [0.05, 0.1) is 13.5 Å². The molecule has 0 spiro atoms. The minimum absolute atomic E-state index is 0.227. The fourth-order valence-corrected chi connectivity index (χ4v) is 2.08. The molecule has 0 unspecified atom stereocenters. The van der Waals surface area contributed by atoms with Crippen molar-refractivity contribution in [2.24, 2.45) is 0 Å². The second-order valence-corrected chi connectivity index (χ2v) is 4.69. The maximum atomic E-state index is 11.1. The number of methoxy groups -OCH3 is 2. The molecule has 1 heterocycles. The molecule has 0 amide bonds. The second kappa shape index (κ2) is 7.71. The molecule has 1 aliphatic rings. The SMILES string of the molecule is CCCCC[C@]1(OC)CC[C@@H](CC(=O)OC)OO1. The number of hydrogen-bond acceptors (Lipinski definition) is 5. The molecule has 2 atom stereocenters. The van der Waals surface area contributed by atoms with Gasteiger partial charge in [0.1, 0.15) is 6.10 Å². The van der Waals surface area contributed by atoms with E-state index in [1.165, 1.54) is 7.11 Å². The Balaban J connectivity index is 2.36. The lowest BCUT2D eigenvalue weighted by Gasteiger charge is -2.37. The third kappa shape index (κ3) is 4.55. The normalized spacial score (nSPS) is 28.1. The quantitative estimate of drug-likeness (QED) is 0.400. The molecule has 0 N–H and O–H groups in total. The molecule has 1 fully saturated rings. The molecule has 0 radical (unpaired) electrons. The van der Waals surface area contributed by atoms with Gasteiger partial charge in [-0.15, -0.1) is 0 Å². The summed E-state index contributed by atoms with van der Waals surface area (Å²) in [7, 11) is 3.01. The van der Waals surface area contributed by atoms with Gasteiger partial charge in [-0.05, 0) is 12.8 Å². The highest BCUT2D eigenvalue weighted by atomic mass is 17.2. The monoisotopic (exact) mass is 260 g/mol. The predicted octanol–water partition coefficient (Wildman–Crippen LogP) is 2.58. The summed E-state index contributed by atoms with van der Waals surface area (Å²) in [5.41, 5.74) is 0. The average Bonchev–Trinajstić information content (AvgIpc) is 2.41. The summed E-state index contributed by atoms with van der Waals surface area (Å²) in [5.74, 6) is -0.915. The lowest BCUT2D eigenvalue weighted by atomic mass is 9.98. The van der Waals surface area contributed by atoms with E-state index in [-0.39, 0.29) is 18.5 Å². The first-order valence-corrected chi connectivity index (χ1v) is 6.62. The van der Waals surface area contributed by atoms with E-state index in [0.717, 1.165) is 38.5 Å². The molecule has 1 saturated heterocycles. The van der Waals surface area contributed by atoms with Crippen LogP contribution in [0.1, 0.15) is 51.9 Å². The van der Waals surface area contributed by atoms with Gasteiger partial charge in [0.2, 0.25) is 5.79 Å². The summed E-state index contributed by atoms with van der Waals surface area (Å²) in [6, 6.07) is 0. The third-order valence-electron chi connectivity index (χ3n) is 3.34. The maximum absolute atomic E-state index is 11.1. The summed E-state index contributed by atoms with van der Waals surface area (Å²) in [4.78, 5) is 21.8. The van der Waals surface area contributed by atoms with Crippen molar-refractivity contribution in [2.45, 2.75) is 63.8 Å². The zero-order valence-corrected chi connectivity index (χ0v) is 11.6. The van der Waals surface area contributed by atoms with E-state index in [1.54, 1.807) is 7.11 Å². The molecule has 1 aliphatic heterocycles. The molecule has 0 saturated carbocycles. The second-order valence-electron chi connectivity index (χ2n) is 4.69. The van der Waals surface area contributed by atoms with Crippen molar-refractivity contribution in [1.29, 1.82) is 0 Å². The zero-order valence-electron chi connectivity index (χ0n) is 11.6. The van der Waals surface area contributed by atoms with E-state index in [1.807, 2.05) is 0 Å². The summed E-state index contributed by atoms with van der Waals surface area (Å²) >= 11 is 0. The van der Waals surface area contributed by atoms with Crippen molar-refractivity contribution in [3.05, 3.63) is 0 Å². The van der Waals surface area contributed by atoms with Crippen molar-refractivity contribution >= 4 is 5.97 Å². The molecule has 1 rings (SSSR count). The van der Waals surface area contributed by atoms with Gasteiger partial charge in [0, 0.05) is 20.0 Å². The Morgan fingerprint density at radius 1 is 1.39 bits per heavy atom. The van der Waals surface area contributed by atoms with Crippen molar-refractivity contribution in [2.75, 3.05) is 14.2 Å². The lowest BCUT2D eigenvalue weighted by molar-refractivity contribution is -0.466. The highest BCUT2D eigenvalue weighted by Gasteiger charge is 2.38. The molecule has 0 aromatic carbocycles. The molecule has 5 nitrogen and oxygen atoms in total. The first-order valence-electron chi connectivity index (χ1n) is 6.62. The minimum Gasteiger partial charge on any atom is -0.469 e. The molecule has 0 aromatic rings. The van der Waals surface area contributed by atoms with E-state index in [0.29, 0.717) is 0 Å². The van der Waals surface area contributed by atoms with Crippen molar-refractivity contribution in [3.8, 4) is 0 Å². The van der Waals surface area contributed by atoms with Crippen LogP contribution in [0.3, 0.4) is 0 Å². The first-order chi connectivity index (χ1) is 8.65. The van der Waals surface area contributed by atoms with Crippen LogP contribution in [0.4, 0.5) is 0 Å². The molecular formula is C13H24O5. The maximum Gasteiger partial charge on any atom is 0.308 e. The summed E-state index contributed by atoms with van der Waals surface area (Å²) in [6.07, 6.45) is 5.67. The average molecular weight is 260 g/mol. The largest absolute Gasteiger partial charge is 0.469 e. The Kier molecular flexibility index (Phi) is 6.60. The number of carbonyl (C=O) groups is 1. The minimum atomic E-state index is -0.637. The van der Waals surface area contributed by atoms with Gasteiger partial charge < -0.3 is 9.47 Å². The number of unbranched alkanes of at least 4 members (excludes halogenated alkanes) is 2. The molecule has 18 heavy (non-hydrogen) atoms. The Bertz CT molecular complexity index is 246. The number of esters is 1. The van der Waals surface area contributed by atoms with Crippen LogP contribution < -0.4 is 0 Å². The molecule has 0 aliphatic carbocycles. The molecule has 0 aromatic heterocycles. The van der Waals surface area contributed by atoms with Gasteiger partial charge in [-0.1, -0.05) is 19.8 Å². The van der Waals surface area contributed by atoms with Crippen molar-refractivity contribution < 1.29 is 24.0 Å². The van der Waals surface area contributed by atoms with Crippen LogP contribution in [0.5, 0.6) is 0 Å². The summed E-state index contributed by atoms with van der Waals surface area (Å²) in [5, 5.41) is 0. The molecule has 106 valence electrons. The van der Waals surface area contributed by atoms with Gasteiger partial charge in [0.25, 0.3) is 0 Å². The van der Waals surface area contributed by atoms with Crippen molar-refractivity contribution in [3.63, 3.8) is 0 Å². The van der Waals surface area contributed by atoms with Gasteiger partial charge >= 0.3 is 5.97 Å². The van der Waals surface area contributed by atoms with Gasteiger partial charge in [-0.2, -0.15) is 0 Å². The number of ether oxygens (including phenoxy) is 2. The standard InChI is InChI=1S/C13H24O5/c1-4-5-6-8-13(16-3)9-7-11(17-18-13)10-12(14)15-2/h11H,4-10H2,1-3H3/t11-,13+/m0/s1. The highest BCUT2D eigenvalue weighted by molar-refractivity contribution is 5.69. The molecular weight excluding hydrogens is 236 g/mol. The number of rotatable bonds is 7. The van der Waals surface area contributed by atoms with E-state index in [4.69, 9.17) is 14.5 Å². The topological polar surface area (TPSA) is 54.0 Å². The van der Waals surface area contributed by atoms with Gasteiger partial charge in [-0.25, -0.2) is 9.78 Å². The summed E-state index contributed by atoms with van der Waals surface area (Å²) in [6.45, 7) is 2.16. The van der Waals surface area contributed by atoms with Crippen LogP contribution in [0.25, 0.3) is 0 Å². The fraction of sp³-hybridized carbons (Fsp3) is 0.923. The van der Waals surface area contributed by atoms with Gasteiger partial charge in [0.15, 0.2) is 0 Å². The number of hydrogen-bond donors (Lipinski definition) is 0. The Labute approximate surface area is 109 Å². The van der Waals surface area contributed by atoms with Crippen LogP contribution in [0.2, 0.25) is 0 Å². The predicted molar refractivity (Wildman–Crippen MR) is 65.7 cm³/mol. The highest BCUT2D eigenvalue weighted by Crippen LogP contribution is 2.33. The summed E-state index contributed by atoms with van der Waals surface area (Å²) < 4.78 is 10.0. The Morgan fingerprint density at radius 3 is 2.67 bits per heavy atom. The van der Waals surface area contributed by atoms with Crippen LogP contribution in [-0.4, -0.2) is 32.1 Å². The zero-order chi connectivity index (χ0) is 13.4. The smallest absolute Gasteiger partial charge is 0.308 e. The van der Waals surface area contributed by atoms with E-state index >= 15 is 0 Å².